The SMILES string of the molecule is CCC(CC)CC=S. The van der Waals surface area contributed by atoms with E-state index in [9.17, 15) is 0 Å². The van der Waals surface area contributed by atoms with Crippen LogP contribution < -0.4 is 0 Å². The summed E-state index contributed by atoms with van der Waals surface area (Å²) in [4.78, 5) is 0. The van der Waals surface area contributed by atoms with Gasteiger partial charge in [-0.2, -0.15) is 0 Å². The Labute approximate surface area is 57.3 Å². The predicted octanol–water partition coefficient (Wildman–Crippen LogP) is 2.81. The molecule has 0 nitrogen and oxygen atoms in total. The third-order valence-electron chi connectivity index (χ3n) is 1.58. The molecule has 0 unspecified atom stereocenters. The van der Waals surface area contributed by atoms with Crippen LogP contribution in [-0.4, -0.2) is 5.37 Å². The fourth-order valence-corrected chi connectivity index (χ4v) is 1.03. The van der Waals surface area contributed by atoms with E-state index in [1.807, 2.05) is 5.37 Å². The van der Waals surface area contributed by atoms with Gasteiger partial charge in [-0.1, -0.05) is 38.9 Å². The van der Waals surface area contributed by atoms with Crippen molar-refractivity contribution in [1.82, 2.24) is 0 Å². The van der Waals surface area contributed by atoms with Gasteiger partial charge in [-0.05, 0) is 17.7 Å². The lowest BCUT2D eigenvalue weighted by Crippen LogP contribution is -1.95. The van der Waals surface area contributed by atoms with E-state index < -0.39 is 0 Å². The topological polar surface area (TPSA) is 0 Å². The van der Waals surface area contributed by atoms with Crippen LogP contribution in [0.1, 0.15) is 33.1 Å². The van der Waals surface area contributed by atoms with Crippen LogP contribution in [0.2, 0.25) is 0 Å². The highest BCUT2D eigenvalue weighted by Gasteiger charge is 1.97. The first-order chi connectivity index (χ1) is 3.85. The van der Waals surface area contributed by atoms with Crippen molar-refractivity contribution in [2.24, 2.45) is 5.92 Å². The first kappa shape index (κ1) is 8.09. The Balaban J connectivity index is 3.20. The Hall–Kier alpha value is 0.0900. The van der Waals surface area contributed by atoms with E-state index in [0.717, 1.165) is 12.3 Å². The lowest BCUT2D eigenvalue weighted by Gasteiger charge is -2.05. The van der Waals surface area contributed by atoms with Gasteiger partial charge >= 0.3 is 0 Å². The van der Waals surface area contributed by atoms with Crippen LogP contribution in [0.25, 0.3) is 0 Å². The van der Waals surface area contributed by atoms with Gasteiger partial charge in [0.1, 0.15) is 0 Å². The van der Waals surface area contributed by atoms with Crippen LogP contribution in [0.3, 0.4) is 0 Å². The van der Waals surface area contributed by atoms with Crippen molar-refractivity contribution in [3.8, 4) is 0 Å². The van der Waals surface area contributed by atoms with Gasteiger partial charge in [-0.15, -0.1) is 0 Å². The van der Waals surface area contributed by atoms with E-state index in [-0.39, 0.29) is 0 Å². The molecule has 0 aliphatic rings. The quantitative estimate of drug-likeness (QED) is 0.527. The van der Waals surface area contributed by atoms with Gasteiger partial charge in [0.2, 0.25) is 0 Å². The third kappa shape index (κ3) is 3.14. The van der Waals surface area contributed by atoms with Crippen LogP contribution in [0.4, 0.5) is 0 Å². The zero-order valence-corrected chi connectivity index (χ0v) is 6.50. The highest BCUT2D eigenvalue weighted by molar-refractivity contribution is 7.78. The standard InChI is InChI=1S/C7H14S/c1-3-7(4-2)5-6-8/h6-7H,3-5H2,1-2H3. The molecule has 0 aromatic carbocycles. The van der Waals surface area contributed by atoms with Crippen LogP contribution in [0, 0.1) is 5.92 Å². The average Bonchev–Trinajstić information content (AvgIpc) is 1.83. The van der Waals surface area contributed by atoms with Gasteiger partial charge in [0.15, 0.2) is 0 Å². The molecule has 0 saturated carbocycles. The Morgan fingerprint density at radius 1 is 1.38 bits per heavy atom. The zero-order chi connectivity index (χ0) is 6.41. The molecular formula is C7H14S. The Morgan fingerprint density at radius 2 is 1.88 bits per heavy atom. The second-order valence-electron chi connectivity index (χ2n) is 2.08. The summed E-state index contributed by atoms with van der Waals surface area (Å²) in [6.07, 6.45) is 3.65. The van der Waals surface area contributed by atoms with E-state index >= 15 is 0 Å². The molecule has 0 N–H and O–H groups in total. The Kier molecular flexibility index (Phi) is 5.29. The maximum absolute atomic E-state index is 4.74. The van der Waals surface area contributed by atoms with E-state index in [4.69, 9.17) is 12.2 Å². The molecule has 0 atom stereocenters. The maximum atomic E-state index is 4.74. The molecule has 0 rings (SSSR count). The predicted molar refractivity (Wildman–Crippen MR) is 42.3 cm³/mol. The van der Waals surface area contributed by atoms with Crippen molar-refractivity contribution in [2.75, 3.05) is 0 Å². The minimum Gasteiger partial charge on any atom is -0.0935 e. The Morgan fingerprint density at radius 3 is 2.00 bits per heavy atom. The van der Waals surface area contributed by atoms with Crippen molar-refractivity contribution < 1.29 is 0 Å². The second kappa shape index (κ2) is 5.23. The fourth-order valence-electron chi connectivity index (χ4n) is 0.758. The minimum absolute atomic E-state index is 0.840. The summed E-state index contributed by atoms with van der Waals surface area (Å²) in [7, 11) is 0. The normalized spacial score (nSPS) is 9.88. The van der Waals surface area contributed by atoms with Crippen molar-refractivity contribution in [1.29, 1.82) is 0 Å². The lowest BCUT2D eigenvalue weighted by atomic mass is 10.0. The molecular weight excluding hydrogens is 116 g/mol. The van der Waals surface area contributed by atoms with Crippen LogP contribution >= 0.6 is 12.2 Å². The summed E-state index contributed by atoms with van der Waals surface area (Å²) >= 11 is 4.74. The van der Waals surface area contributed by atoms with Gasteiger partial charge in [0.25, 0.3) is 0 Å². The Bertz CT molecular complexity index is 55.4. The molecule has 1 heteroatoms. The highest BCUT2D eigenvalue weighted by Crippen LogP contribution is 2.09. The summed E-state index contributed by atoms with van der Waals surface area (Å²) in [5.41, 5.74) is 0. The third-order valence-corrected chi connectivity index (χ3v) is 1.78. The number of hydrogen-bond acceptors (Lipinski definition) is 1. The summed E-state index contributed by atoms with van der Waals surface area (Å²) in [6, 6.07) is 0. The molecule has 0 fully saturated rings. The fraction of sp³-hybridized carbons (Fsp3) is 0.857. The average molecular weight is 130 g/mol. The molecule has 0 aromatic heterocycles. The number of thiocarbonyl (C=S) groups is 1. The van der Waals surface area contributed by atoms with Gasteiger partial charge in [0.05, 0.1) is 0 Å². The monoisotopic (exact) mass is 130 g/mol. The summed E-state index contributed by atoms with van der Waals surface area (Å²) < 4.78 is 0. The van der Waals surface area contributed by atoms with Crippen molar-refractivity contribution in [2.45, 2.75) is 33.1 Å². The highest BCUT2D eigenvalue weighted by atomic mass is 32.1. The number of rotatable bonds is 4. The summed E-state index contributed by atoms with van der Waals surface area (Å²) in [6.45, 7) is 4.43. The molecule has 48 valence electrons. The molecule has 0 bridgehead atoms. The van der Waals surface area contributed by atoms with E-state index in [1.165, 1.54) is 12.8 Å². The molecule has 0 aliphatic carbocycles. The van der Waals surface area contributed by atoms with Gasteiger partial charge in [-0.25, -0.2) is 0 Å². The van der Waals surface area contributed by atoms with E-state index in [2.05, 4.69) is 13.8 Å². The van der Waals surface area contributed by atoms with Gasteiger partial charge in [0, 0.05) is 0 Å². The van der Waals surface area contributed by atoms with Crippen molar-refractivity contribution >= 4 is 17.6 Å². The van der Waals surface area contributed by atoms with Crippen LogP contribution in [0.5, 0.6) is 0 Å². The molecule has 0 spiro atoms. The first-order valence-electron chi connectivity index (χ1n) is 3.28. The largest absolute Gasteiger partial charge is 0.0935 e. The van der Waals surface area contributed by atoms with E-state index in [1.54, 1.807) is 0 Å². The van der Waals surface area contributed by atoms with E-state index in [0.29, 0.717) is 0 Å². The maximum Gasteiger partial charge on any atom is -0.0208 e. The zero-order valence-electron chi connectivity index (χ0n) is 5.68. The molecule has 8 heavy (non-hydrogen) atoms. The molecule has 0 heterocycles. The molecule has 0 radical (unpaired) electrons. The summed E-state index contributed by atoms with van der Waals surface area (Å²) in [5, 5.41) is 1.84. The first-order valence-corrected chi connectivity index (χ1v) is 3.75. The molecule has 0 aromatic rings. The second-order valence-corrected chi connectivity index (χ2v) is 2.42. The van der Waals surface area contributed by atoms with Crippen LogP contribution in [-0.2, 0) is 0 Å². The van der Waals surface area contributed by atoms with Crippen LogP contribution in [0.15, 0.2) is 0 Å². The van der Waals surface area contributed by atoms with Crippen molar-refractivity contribution in [3.63, 3.8) is 0 Å². The van der Waals surface area contributed by atoms with Gasteiger partial charge < -0.3 is 0 Å². The lowest BCUT2D eigenvalue weighted by molar-refractivity contribution is 0.517. The van der Waals surface area contributed by atoms with Crippen molar-refractivity contribution in [3.05, 3.63) is 0 Å². The number of hydrogen-bond donors (Lipinski definition) is 0. The molecule has 0 amide bonds. The molecule has 0 saturated heterocycles. The summed E-state index contributed by atoms with van der Waals surface area (Å²) in [5.74, 6) is 0.840. The molecule has 0 aliphatic heterocycles. The smallest absolute Gasteiger partial charge is 0.0208 e. The van der Waals surface area contributed by atoms with Gasteiger partial charge in [-0.3, -0.25) is 0 Å². The minimum atomic E-state index is 0.840.